The Kier molecular flexibility index (Phi) is 4.88. The van der Waals surface area contributed by atoms with Crippen LogP contribution < -0.4 is 10.8 Å². The maximum absolute atomic E-state index is 12.2. The standard InChI is InChI=1S/C12H20N2O5/c1-11(2,3)18-10(17)12(5-4-6-13-12)7-9(16)19-14-8-15/h8,13H,4-7H2,1-3H3,(H,14,15). The molecule has 7 heteroatoms. The van der Waals surface area contributed by atoms with Crippen LogP contribution in [0.25, 0.3) is 0 Å². The molecule has 1 amide bonds. The topological polar surface area (TPSA) is 93.7 Å². The van der Waals surface area contributed by atoms with Gasteiger partial charge in [-0.3, -0.25) is 9.59 Å². The van der Waals surface area contributed by atoms with Crippen molar-refractivity contribution >= 4 is 18.3 Å². The van der Waals surface area contributed by atoms with Crippen molar-refractivity contribution in [3.05, 3.63) is 0 Å². The zero-order valence-electron chi connectivity index (χ0n) is 11.4. The molecule has 108 valence electrons. The number of nitrogens with one attached hydrogen (secondary N) is 2. The number of carbonyl (C=O) groups is 3. The summed E-state index contributed by atoms with van der Waals surface area (Å²) in [5, 5.41) is 3.01. The van der Waals surface area contributed by atoms with Crippen molar-refractivity contribution in [1.82, 2.24) is 10.8 Å². The predicted octanol–water partition coefficient (Wildman–Crippen LogP) is 0.0446. The molecule has 0 aromatic carbocycles. The zero-order chi connectivity index (χ0) is 14.5. The first-order valence-corrected chi connectivity index (χ1v) is 6.16. The highest BCUT2D eigenvalue weighted by Crippen LogP contribution is 2.27. The van der Waals surface area contributed by atoms with Gasteiger partial charge in [0.15, 0.2) is 0 Å². The number of hydrogen-bond acceptors (Lipinski definition) is 6. The van der Waals surface area contributed by atoms with Crippen LogP contribution >= 0.6 is 0 Å². The first-order valence-electron chi connectivity index (χ1n) is 6.16. The lowest BCUT2D eigenvalue weighted by molar-refractivity contribution is -0.168. The van der Waals surface area contributed by atoms with Crippen LogP contribution in [0.2, 0.25) is 0 Å². The van der Waals surface area contributed by atoms with Gasteiger partial charge in [0.2, 0.25) is 6.41 Å². The molecule has 1 heterocycles. The molecule has 1 aliphatic heterocycles. The van der Waals surface area contributed by atoms with Crippen LogP contribution in [-0.2, 0) is 24.0 Å². The second-order valence-electron chi connectivity index (χ2n) is 5.50. The normalized spacial score (nSPS) is 22.7. The van der Waals surface area contributed by atoms with E-state index in [1.165, 1.54) is 0 Å². The summed E-state index contributed by atoms with van der Waals surface area (Å²) in [5.41, 5.74) is 0.130. The summed E-state index contributed by atoms with van der Waals surface area (Å²) in [7, 11) is 0. The van der Waals surface area contributed by atoms with Crippen LogP contribution in [0.3, 0.4) is 0 Å². The van der Waals surface area contributed by atoms with Gasteiger partial charge >= 0.3 is 11.9 Å². The van der Waals surface area contributed by atoms with Gasteiger partial charge in [-0.25, -0.2) is 4.79 Å². The summed E-state index contributed by atoms with van der Waals surface area (Å²) in [6, 6.07) is 0. The molecule has 1 saturated heterocycles. The molecule has 1 unspecified atom stereocenters. The average Bonchev–Trinajstić information content (AvgIpc) is 2.74. The molecule has 7 nitrogen and oxygen atoms in total. The van der Waals surface area contributed by atoms with E-state index >= 15 is 0 Å². The van der Waals surface area contributed by atoms with Crippen LogP contribution in [0.15, 0.2) is 0 Å². The fourth-order valence-electron chi connectivity index (χ4n) is 1.95. The molecule has 0 aromatic rings. The third-order valence-corrected chi connectivity index (χ3v) is 2.70. The molecule has 0 radical (unpaired) electrons. The lowest BCUT2D eigenvalue weighted by atomic mass is 9.93. The largest absolute Gasteiger partial charge is 0.459 e. The average molecular weight is 272 g/mol. The molecule has 2 N–H and O–H groups in total. The number of hydroxylamine groups is 1. The fourth-order valence-corrected chi connectivity index (χ4v) is 1.95. The number of hydrogen-bond donors (Lipinski definition) is 2. The predicted molar refractivity (Wildman–Crippen MR) is 65.7 cm³/mol. The summed E-state index contributed by atoms with van der Waals surface area (Å²) in [6.07, 6.45) is 1.34. The third-order valence-electron chi connectivity index (χ3n) is 2.70. The molecule has 1 rings (SSSR count). The zero-order valence-corrected chi connectivity index (χ0v) is 11.4. The Balaban J connectivity index is 2.71. The number of ether oxygens (including phenoxy) is 1. The fraction of sp³-hybridized carbons (Fsp3) is 0.750. The molecular weight excluding hydrogens is 252 g/mol. The van der Waals surface area contributed by atoms with Crippen LogP contribution in [0.1, 0.15) is 40.0 Å². The highest BCUT2D eigenvalue weighted by atomic mass is 16.7. The summed E-state index contributed by atoms with van der Waals surface area (Å²) < 4.78 is 5.33. The van der Waals surface area contributed by atoms with Crippen molar-refractivity contribution in [2.75, 3.05) is 6.54 Å². The van der Waals surface area contributed by atoms with E-state index < -0.39 is 23.1 Å². The highest BCUT2D eigenvalue weighted by molar-refractivity contribution is 5.87. The van der Waals surface area contributed by atoms with Gasteiger partial charge < -0.3 is 14.9 Å². The second-order valence-corrected chi connectivity index (χ2v) is 5.50. The minimum absolute atomic E-state index is 0.178. The second kappa shape index (κ2) is 6.01. The van der Waals surface area contributed by atoms with Crippen LogP contribution in [0.5, 0.6) is 0 Å². The van der Waals surface area contributed by atoms with Crippen molar-refractivity contribution in [1.29, 1.82) is 0 Å². The first-order chi connectivity index (χ1) is 8.79. The molecule has 0 aromatic heterocycles. The number of carbonyl (C=O) groups excluding carboxylic acids is 3. The van der Waals surface area contributed by atoms with Gasteiger partial charge in [-0.1, -0.05) is 0 Å². The molecule has 1 aliphatic rings. The molecule has 0 bridgehead atoms. The molecular formula is C12H20N2O5. The Bertz CT molecular complexity index is 356. The van der Waals surface area contributed by atoms with Crippen molar-refractivity contribution in [3.8, 4) is 0 Å². The van der Waals surface area contributed by atoms with Gasteiger partial charge in [-0.15, -0.1) is 0 Å². The molecule has 0 aliphatic carbocycles. The van der Waals surface area contributed by atoms with Crippen LogP contribution in [0.4, 0.5) is 0 Å². The molecule has 1 atom stereocenters. The summed E-state index contributed by atoms with van der Waals surface area (Å²) >= 11 is 0. The van der Waals surface area contributed by atoms with Crippen LogP contribution in [0, 0.1) is 0 Å². The molecule has 19 heavy (non-hydrogen) atoms. The Labute approximate surface area is 112 Å². The van der Waals surface area contributed by atoms with Gasteiger partial charge in [0, 0.05) is 0 Å². The molecule has 1 fully saturated rings. The van der Waals surface area contributed by atoms with E-state index in [1.807, 2.05) is 5.48 Å². The van der Waals surface area contributed by atoms with E-state index in [0.29, 0.717) is 13.0 Å². The number of rotatable bonds is 5. The summed E-state index contributed by atoms with van der Waals surface area (Å²) in [4.78, 5) is 38.3. The van der Waals surface area contributed by atoms with Gasteiger partial charge in [-0.05, 0) is 40.2 Å². The van der Waals surface area contributed by atoms with E-state index in [0.717, 1.165) is 6.42 Å². The Hall–Kier alpha value is -1.63. The Morgan fingerprint density at radius 3 is 2.58 bits per heavy atom. The van der Waals surface area contributed by atoms with Crippen LogP contribution in [-0.4, -0.2) is 36.0 Å². The van der Waals surface area contributed by atoms with Crippen molar-refractivity contribution < 1.29 is 24.0 Å². The number of amides is 1. The van der Waals surface area contributed by atoms with Gasteiger partial charge in [0.1, 0.15) is 11.1 Å². The van der Waals surface area contributed by atoms with E-state index in [1.54, 1.807) is 20.8 Å². The van der Waals surface area contributed by atoms with Gasteiger partial charge in [-0.2, -0.15) is 5.48 Å². The first kappa shape index (κ1) is 15.4. The van der Waals surface area contributed by atoms with Gasteiger partial charge in [0.25, 0.3) is 0 Å². The molecule has 0 saturated carbocycles. The maximum Gasteiger partial charge on any atom is 0.334 e. The van der Waals surface area contributed by atoms with Crippen molar-refractivity contribution in [3.63, 3.8) is 0 Å². The maximum atomic E-state index is 12.2. The van der Waals surface area contributed by atoms with E-state index in [-0.39, 0.29) is 12.8 Å². The number of esters is 1. The van der Waals surface area contributed by atoms with E-state index in [9.17, 15) is 14.4 Å². The highest BCUT2D eigenvalue weighted by Gasteiger charge is 2.46. The minimum atomic E-state index is -1.06. The monoisotopic (exact) mass is 272 g/mol. The van der Waals surface area contributed by atoms with Crippen molar-refractivity contribution in [2.24, 2.45) is 0 Å². The lowest BCUT2D eigenvalue weighted by Gasteiger charge is -2.30. The third kappa shape index (κ3) is 4.51. The Morgan fingerprint density at radius 2 is 2.11 bits per heavy atom. The van der Waals surface area contributed by atoms with E-state index in [4.69, 9.17) is 4.74 Å². The SMILES string of the molecule is CC(C)(C)OC(=O)C1(CC(=O)ONC=O)CCCN1. The Morgan fingerprint density at radius 1 is 1.42 bits per heavy atom. The van der Waals surface area contributed by atoms with E-state index in [2.05, 4.69) is 10.2 Å². The lowest BCUT2D eigenvalue weighted by Crippen LogP contribution is -2.52. The summed E-state index contributed by atoms with van der Waals surface area (Å²) in [5.74, 6) is -1.16. The smallest absolute Gasteiger partial charge is 0.334 e. The molecule has 0 spiro atoms. The minimum Gasteiger partial charge on any atom is -0.459 e. The van der Waals surface area contributed by atoms with Crippen molar-refractivity contribution in [2.45, 2.75) is 51.2 Å². The van der Waals surface area contributed by atoms with Gasteiger partial charge in [0.05, 0.1) is 6.42 Å². The quantitative estimate of drug-likeness (QED) is 0.417. The summed E-state index contributed by atoms with van der Waals surface area (Å²) in [6.45, 7) is 5.92.